The van der Waals surface area contributed by atoms with Crippen LogP contribution < -0.4 is 0 Å². The summed E-state index contributed by atoms with van der Waals surface area (Å²) in [6.07, 6.45) is 8.71. The van der Waals surface area contributed by atoms with Crippen LogP contribution in [0.25, 0.3) is 11.2 Å². The van der Waals surface area contributed by atoms with Crippen LogP contribution in [0.5, 0.6) is 0 Å². The van der Waals surface area contributed by atoms with E-state index in [1.807, 2.05) is 6.20 Å². The lowest BCUT2D eigenvalue weighted by Crippen LogP contribution is -2.13. The number of rotatable bonds is 2. The second kappa shape index (κ2) is 4.05. The Kier molecular flexibility index (Phi) is 2.47. The molecule has 2 heterocycles. The number of hydrogen-bond donors (Lipinski definition) is 1. The minimum Gasteiger partial charge on any atom is -0.341 e. The van der Waals surface area contributed by atoms with Gasteiger partial charge in [0.15, 0.2) is 5.65 Å². The van der Waals surface area contributed by atoms with E-state index >= 15 is 0 Å². The van der Waals surface area contributed by atoms with Gasteiger partial charge in [-0.25, -0.2) is 9.97 Å². The van der Waals surface area contributed by atoms with Crippen LogP contribution in [0.15, 0.2) is 16.7 Å². The lowest BCUT2D eigenvalue weighted by molar-refractivity contribution is 0.327. The Morgan fingerprint density at radius 1 is 1.33 bits per heavy atom. The zero-order valence-electron chi connectivity index (χ0n) is 10.2. The van der Waals surface area contributed by atoms with Crippen LogP contribution >= 0.6 is 15.9 Å². The van der Waals surface area contributed by atoms with Gasteiger partial charge < -0.3 is 4.98 Å². The predicted molar refractivity (Wildman–Crippen MR) is 74.2 cm³/mol. The van der Waals surface area contributed by atoms with E-state index in [1.54, 1.807) is 0 Å². The maximum Gasteiger partial charge on any atom is 0.177 e. The first-order chi connectivity index (χ1) is 8.78. The summed E-state index contributed by atoms with van der Waals surface area (Å²) in [6, 6.07) is 2.06. The number of fused-ring (bicyclic) bond motifs is 3. The molecular weight excluding hydrogens is 290 g/mol. The molecule has 2 saturated carbocycles. The number of nitrogens with zero attached hydrogens (tertiary/aromatic N) is 2. The molecule has 2 aliphatic carbocycles. The van der Waals surface area contributed by atoms with E-state index in [1.165, 1.54) is 25.7 Å². The molecule has 2 aliphatic rings. The van der Waals surface area contributed by atoms with Crippen molar-refractivity contribution >= 4 is 27.1 Å². The minimum atomic E-state index is 0.844. The summed E-state index contributed by atoms with van der Waals surface area (Å²) in [5, 5.41) is 0. The SMILES string of the molecule is Brc1cnc2nc(CC3CC4CCC3C4)[nH]c2c1. The molecule has 3 atom stereocenters. The summed E-state index contributed by atoms with van der Waals surface area (Å²) in [5.74, 6) is 3.94. The average Bonchev–Trinajstić information content (AvgIpc) is 3.02. The minimum absolute atomic E-state index is 0.844. The highest BCUT2D eigenvalue weighted by Gasteiger charge is 2.39. The number of imidazole rings is 1. The Labute approximate surface area is 115 Å². The van der Waals surface area contributed by atoms with Gasteiger partial charge >= 0.3 is 0 Å². The van der Waals surface area contributed by atoms with Crippen molar-refractivity contribution in [1.29, 1.82) is 0 Å². The second-order valence-corrected chi connectivity index (χ2v) is 6.76. The van der Waals surface area contributed by atoms with Crippen molar-refractivity contribution in [3.8, 4) is 0 Å². The first-order valence-corrected chi connectivity index (χ1v) is 7.57. The van der Waals surface area contributed by atoms with Crippen LogP contribution in [0.4, 0.5) is 0 Å². The normalized spacial score (nSPS) is 30.4. The summed E-state index contributed by atoms with van der Waals surface area (Å²) in [4.78, 5) is 12.4. The van der Waals surface area contributed by atoms with Crippen LogP contribution in [0.1, 0.15) is 31.5 Å². The van der Waals surface area contributed by atoms with E-state index in [4.69, 9.17) is 0 Å². The third-order valence-electron chi connectivity index (χ3n) is 4.69. The summed E-state index contributed by atoms with van der Waals surface area (Å²) in [5.41, 5.74) is 1.89. The summed E-state index contributed by atoms with van der Waals surface area (Å²) >= 11 is 3.45. The van der Waals surface area contributed by atoms with Crippen LogP contribution in [0.3, 0.4) is 0 Å². The van der Waals surface area contributed by atoms with Crippen LogP contribution in [-0.2, 0) is 6.42 Å². The molecule has 4 heteroatoms. The van der Waals surface area contributed by atoms with E-state index in [0.717, 1.165) is 45.6 Å². The molecule has 0 aliphatic heterocycles. The molecule has 0 spiro atoms. The molecule has 2 fully saturated rings. The lowest BCUT2D eigenvalue weighted by Gasteiger charge is -2.20. The largest absolute Gasteiger partial charge is 0.341 e. The lowest BCUT2D eigenvalue weighted by atomic mass is 9.86. The van der Waals surface area contributed by atoms with E-state index in [0.29, 0.717) is 0 Å². The second-order valence-electron chi connectivity index (χ2n) is 5.85. The molecule has 18 heavy (non-hydrogen) atoms. The number of H-pyrrole nitrogens is 1. The smallest absolute Gasteiger partial charge is 0.177 e. The van der Waals surface area contributed by atoms with Crippen molar-refractivity contribution < 1.29 is 0 Å². The average molecular weight is 306 g/mol. The zero-order valence-corrected chi connectivity index (χ0v) is 11.8. The van der Waals surface area contributed by atoms with Gasteiger partial charge in [-0.15, -0.1) is 0 Å². The number of pyridine rings is 1. The predicted octanol–water partition coefficient (Wildman–Crippen LogP) is 3.70. The molecule has 3 nitrogen and oxygen atoms in total. The van der Waals surface area contributed by atoms with E-state index < -0.39 is 0 Å². The first-order valence-electron chi connectivity index (χ1n) is 6.78. The van der Waals surface area contributed by atoms with E-state index in [9.17, 15) is 0 Å². The van der Waals surface area contributed by atoms with Gasteiger partial charge in [-0.2, -0.15) is 0 Å². The zero-order chi connectivity index (χ0) is 12.1. The van der Waals surface area contributed by atoms with Crippen molar-refractivity contribution in [3.05, 3.63) is 22.6 Å². The fraction of sp³-hybridized carbons (Fsp3) is 0.571. The number of halogens is 1. The number of nitrogens with one attached hydrogen (secondary N) is 1. The Bertz CT molecular complexity index is 592. The molecule has 0 radical (unpaired) electrons. The maximum atomic E-state index is 4.61. The highest BCUT2D eigenvalue weighted by molar-refractivity contribution is 9.10. The molecule has 0 saturated heterocycles. The molecule has 0 aromatic carbocycles. The standard InChI is InChI=1S/C14H16BrN3/c15-11-6-12-14(16-7-11)18-13(17-12)5-10-4-8-1-2-9(10)3-8/h6-10H,1-5H2,(H,16,17,18). The van der Waals surface area contributed by atoms with Crippen LogP contribution in [0, 0.1) is 17.8 Å². The fourth-order valence-corrected chi connectivity index (χ4v) is 4.23. The molecule has 2 aromatic heterocycles. The molecule has 94 valence electrons. The Morgan fingerprint density at radius 2 is 2.28 bits per heavy atom. The summed E-state index contributed by atoms with van der Waals surface area (Å²) < 4.78 is 1.00. The molecule has 3 unspecified atom stereocenters. The van der Waals surface area contributed by atoms with Crippen molar-refractivity contribution in [2.45, 2.75) is 32.1 Å². The van der Waals surface area contributed by atoms with Crippen LogP contribution in [0.2, 0.25) is 0 Å². The third-order valence-corrected chi connectivity index (χ3v) is 5.13. The summed E-state index contributed by atoms with van der Waals surface area (Å²) in [7, 11) is 0. The Morgan fingerprint density at radius 3 is 3.06 bits per heavy atom. The molecule has 2 aromatic rings. The van der Waals surface area contributed by atoms with E-state index in [-0.39, 0.29) is 0 Å². The Balaban J connectivity index is 1.59. The Hall–Kier alpha value is -0.900. The molecule has 0 amide bonds. The van der Waals surface area contributed by atoms with Gasteiger partial charge in [-0.3, -0.25) is 0 Å². The highest BCUT2D eigenvalue weighted by Crippen LogP contribution is 2.49. The van der Waals surface area contributed by atoms with Gasteiger partial charge in [0, 0.05) is 17.1 Å². The number of aromatic amines is 1. The maximum absolute atomic E-state index is 4.61. The van der Waals surface area contributed by atoms with Gasteiger partial charge in [0.25, 0.3) is 0 Å². The summed E-state index contributed by atoms with van der Waals surface area (Å²) in [6.45, 7) is 0. The molecular formula is C14H16BrN3. The van der Waals surface area contributed by atoms with Gasteiger partial charge in [0.2, 0.25) is 0 Å². The topological polar surface area (TPSA) is 41.6 Å². The van der Waals surface area contributed by atoms with Crippen LogP contribution in [-0.4, -0.2) is 15.0 Å². The first kappa shape index (κ1) is 11.0. The quantitative estimate of drug-likeness (QED) is 0.919. The number of aromatic nitrogens is 3. The van der Waals surface area contributed by atoms with E-state index in [2.05, 4.69) is 36.9 Å². The fourth-order valence-electron chi connectivity index (χ4n) is 3.90. The van der Waals surface area contributed by atoms with Gasteiger partial charge in [0.05, 0.1) is 5.52 Å². The van der Waals surface area contributed by atoms with Crippen molar-refractivity contribution in [2.24, 2.45) is 17.8 Å². The molecule has 2 bridgehead atoms. The van der Waals surface area contributed by atoms with Crippen molar-refractivity contribution in [2.75, 3.05) is 0 Å². The monoisotopic (exact) mass is 305 g/mol. The highest BCUT2D eigenvalue weighted by atomic mass is 79.9. The molecule has 1 N–H and O–H groups in total. The van der Waals surface area contributed by atoms with Crippen molar-refractivity contribution in [1.82, 2.24) is 15.0 Å². The van der Waals surface area contributed by atoms with Gasteiger partial charge in [0.1, 0.15) is 5.82 Å². The van der Waals surface area contributed by atoms with Crippen molar-refractivity contribution in [3.63, 3.8) is 0 Å². The third kappa shape index (κ3) is 1.78. The molecule has 4 rings (SSSR count). The number of hydrogen-bond acceptors (Lipinski definition) is 2. The van der Waals surface area contributed by atoms with Gasteiger partial charge in [-0.1, -0.05) is 6.42 Å². The van der Waals surface area contributed by atoms with Gasteiger partial charge in [-0.05, 0) is 59.0 Å².